The van der Waals surface area contributed by atoms with Gasteiger partial charge in [0.05, 0.1) is 6.26 Å². The van der Waals surface area contributed by atoms with Crippen molar-refractivity contribution in [1.82, 2.24) is 4.90 Å². The maximum absolute atomic E-state index is 13.2. The molecule has 2 atom stereocenters. The molecule has 22 heavy (non-hydrogen) atoms. The van der Waals surface area contributed by atoms with Gasteiger partial charge in [-0.3, -0.25) is 4.79 Å². The minimum absolute atomic E-state index is 0.183. The first-order chi connectivity index (χ1) is 10.5. The van der Waals surface area contributed by atoms with Crippen LogP contribution in [0.1, 0.15) is 23.8 Å². The monoisotopic (exact) mass is 323 g/mol. The van der Waals surface area contributed by atoms with E-state index in [1.54, 1.807) is 12.1 Å². The molecule has 0 aliphatic carbocycles. The van der Waals surface area contributed by atoms with Gasteiger partial charge < -0.3 is 9.32 Å². The number of carbonyl (C=O) groups is 1. The Kier molecular flexibility index (Phi) is 3.74. The van der Waals surface area contributed by atoms with Crippen molar-refractivity contribution >= 4 is 16.1 Å². The average molecular weight is 323 g/mol. The lowest BCUT2D eigenvalue weighted by Crippen LogP contribution is -2.32. The van der Waals surface area contributed by atoms with Crippen LogP contribution < -0.4 is 0 Å². The molecule has 1 aromatic heterocycles. The van der Waals surface area contributed by atoms with Gasteiger partial charge in [-0.1, -0.05) is 30.3 Å². The summed E-state index contributed by atoms with van der Waals surface area (Å²) in [5, 5.41) is -1.32. The quantitative estimate of drug-likeness (QED) is 0.810. The van der Waals surface area contributed by atoms with E-state index in [1.165, 1.54) is 11.2 Å². The minimum Gasteiger partial charge on any atom is -0.467 e. The molecule has 0 radical (unpaired) electrons. The Bertz CT molecular complexity index is 758. The van der Waals surface area contributed by atoms with Gasteiger partial charge in [0, 0.05) is 13.0 Å². The van der Waals surface area contributed by atoms with Gasteiger partial charge in [0.1, 0.15) is 17.1 Å². The zero-order valence-electron chi connectivity index (χ0n) is 11.6. The van der Waals surface area contributed by atoms with Gasteiger partial charge in [0.25, 0.3) is 0 Å². The molecular formula is C15H14FNO4S. The van der Waals surface area contributed by atoms with Crippen LogP contribution in [0.25, 0.3) is 0 Å². The normalized spacial score (nSPS) is 20.3. The van der Waals surface area contributed by atoms with Crippen molar-refractivity contribution in [3.63, 3.8) is 0 Å². The lowest BCUT2D eigenvalue weighted by atomic mass is 10.0. The third-order valence-corrected chi connectivity index (χ3v) is 4.87. The molecular weight excluding hydrogens is 309 g/mol. The number of carbonyl (C=O) groups excluding carboxylic acids is 1. The molecule has 1 aromatic carbocycles. The third kappa shape index (κ3) is 2.76. The van der Waals surface area contributed by atoms with Crippen molar-refractivity contribution in [2.24, 2.45) is 0 Å². The molecule has 1 aliphatic heterocycles. The molecule has 2 aromatic rings. The first-order valence-corrected chi connectivity index (χ1v) is 8.23. The van der Waals surface area contributed by atoms with Gasteiger partial charge in [-0.2, -0.15) is 8.42 Å². The summed E-state index contributed by atoms with van der Waals surface area (Å²) in [6.07, 6.45) is 1.14. The molecule has 3 rings (SSSR count). The van der Waals surface area contributed by atoms with Crippen LogP contribution in [-0.2, 0) is 15.0 Å². The standard InChI is InChI=1S/C15H14FNO4S/c16-22(19,20)12-9-14(18)17(10-12)15(13-7-4-8-21-13)11-5-2-1-3-6-11/h1-8,12,15H,9-10H2. The lowest BCUT2D eigenvalue weighted by Gasteiger charge is -2.26. The molecule has 5 nitrogen and oxygen atoms in total. The highest BCUT2D eigenvalue weighted by molar-refractivity contribution is 7.87. The van der Waals surface area contributed by atoms with Crippen molar-refractivity contribution in [2.45, 2.75) is 17.7 Å². The molecule has 116 valence electrons. The Labute approximate surface area is 127 Å². The van der Waals surface area contributed by atoms with Crippen LogP contribution in [-0.4, -0.2) is 31.0 Å². The number of nitrogens with zero attached hydrogens (tertiary/aromatic N) is 1. The summed E-state index contributed by atoms with van der Waals surface area (Å²) in [6.45, 7) is -0.183. The van der Waals surface area contributed by atoms with Crippen LogP contribution >= 0.6 is 0 Å². The zero-order valence-corrected chi connectivity index (χ0v) is 12.4. The van der Waals surface area contributed by atoms with Gasteiger partial charge >= 0.3 is 10.2 Å². The molecule has 1 aliphatic rings. The Morgan fingerprint density at radius 1 is 1.18 bits per heavy atom. The number of furan rings is 1. The van der Waals surface area contributed by atoms with E-state index in [0.29, 0.717) is 5.76 Å². The summed E-state index contributed by atoms with van der Waals surface area (Å²) in [5.74, 6) is 0.105. The summed E-state index contributed by atoms with van der Waals surface area (Å²) < 4.78 is 40.8. The fourth-order valence-corrected chi connectivity index (χ4v) is 3.40. The molecule has 0 spiro atoms. The Balaban J connectivity index is 1.99. The van der Waals surface area contributed by atoms with Crippen LogP contribution in [0.15, 0.2) is 53.1 Å². The Morgan fingerprint density at radius 2 is 1.91 bits per heavy atom. The van der Waals surface area contributed by atoms with Crippen molar-refractivity contribution in [2.75, 3.05) is 6.54 Å². The highest BCUT2D eigenvalue weighted by atomic mass is 32.3. The second-order valence-corrected chi connectivity index (χ2v) is 6.79. The zero-order chi connectivity index (χ0) is 15.7. The first kappa shape index (κ1) is 14.8. The highest BCUT2D eigenvalue weighted by Gasteiger charge is 2.42. The van der Waals surface area contributed by atoms with E-state index in [1.807, 2.05) is 30.3 Å². The van der Waals surface area contributed by atoms with Gasteiger partial charge in [0.2, 0.25) is 5.91 Å². The predicted molar refractivity (Wildman–Crippen MR) is 77.1 cm³/mol. The summed E-state index contributed by atoms with van der Waals surface area (Å²) >= 11 is 0. The SMILES string of the molecule is O=C1CC(S(=O)(=O)F)CN1C(c1ccccc1)c1ccco1. The van der Waals surface area contributed by atoms with Gasteiger partial charge in [-0.15, -0.1) is 3.89 Å². The number of likely N-dealkylation sites (tertiary alicyclic amines) is 1. The van der Waals surface area contributed by atoms with Gasteiger partial charge in [-0.05, 0) is 17.7 Å². The molecule has 0 N–H and O–H groups in total. The smallest absolute Gasteiger partial charge is 0.307 e. The van der Waals surface area contributed by atoms with Crippen molar-refractivity contribution < 1.29 is 21.5 Å². The number of rotatable bonds is 4. The number of hydrogen-bond donors (Lipinski definition) is 0. The average Bonchev–Trinajstić information content (AvgIpc) is 3.11. The largest absolute Gasteiger partial charge is 0.467 e. The molecule has 2 heterocycles. The van der Waals surface area contributed by atoms with Crippen LogP contribution in [0.4, 0.5) is 3.89 Å². The Hall–Kier alpha value is -2.15. The van der Waals surface area contributed by atoms with Gasteiger partial charge in [-0.25, -0.2) is 0 Å². The molecule has 7 heteroatoms. The summed E-state index contributed by atoms with van der Waals surface area (Å²) in [5.41, 5.74) is 0.780. The van der Waals surface area contributed by atoms with E-state index in [9.17, 15) is 17.1 Å². The third-order valence-electron chi connectivity index (χ3n) is 3.76. The minimum atomic E-state index is -4.75. The van der Waals surface area contributed by atoms with Crippen molar-refractivity contribution in [1.29, 1.82) is 0 Å². The van der Waals surface area contributed by atoms with Crippen molar-refractivity contribution in [3.05, 3.63) is 60.1 Å². The molecule has 1 saturated heterocycles. The first-order valence-electron chi connectivity index (χ1n) is 6.78. The lowest BCUT2D eigenvalue weighted by molar-refractivity contribution is -0.129. The van der Waals surface area contributed by atoms with Crippen molar-refractivity contribution in [3.8, 4) is 0 Å². The second-order valence-electron chi connectivity index (χ2n) is 5.18. The second kappa shape index (κ2) is 5.57. The number of halogens is 1. The number of hydrogen-bond acceptors (Lipinski definition) is 4. The molecule has 1 fully saturated rings. The van der Waals surface area contributed by atoms with Crippen LogP contribution in [0, 0.1) is 0 Å². The summed E-state index contributed by atoms with van der Waals surface area (Å²) in [6, 6.07) is 11.9. The summed E-state index contributed by atoms with van der Waals surface area (Å²) in [7, 11) is -4.75. The van der Waals surface area contributed by atoms with E-state index >= 15 is 0 Å². The molecule has 0 saturated carbocycles. The van der Waals surface area contributed by atoms with Gasteiger partial charge in [0.15, 0.2) is 0 Å². The van der Waals surface area contributed by atoms with E-state index < -0.39 is 27.4 Å². The van der Waals surface area contributed by atoms with Crippen LogP contribution in [0.3, 0.4) is 0 Å². The number of benzene rings is 1. The Morgan fingerprint density at radius 3 is 2.45 bits per heavy atom. The highest BCUT2D eigenvalue weighted by Crippen LogP contribution is 2.34. The fraction of sp³-hybridized carbons (Fsp3) is 0.267. The van der Waals surface area contributed by atoms with Crippen LogP contribution in [0.5, 0.6) is 0 Å². The summed E-state index contributed by atoms with van der Waals surface area (Å²) in [4.78, 5) is 13.6. The fourth-order valence-electron chi connectivity index (χ4n) is 2.72. The maximum Gasteiger partial charge on any atom is 0.307 e. The van der Waals surface area contributed by atoms with E-state index in [-0.39, 0.29) is 13.0 Å². The van der Waals surface area contributed by atoms with E-state index in [0.717, 1.165) is 5.56 Å². The van der Waals surface area contributed by atoms with E-state index in [2.05, 4.69) is 0 Å². The maximum atomic E-state index is 13.2. The van der Waals surface area contributed by atoms with E-state index in [4.69, 9.17) is 4.42 Å². The predicted octanol–water partition coefficient (Wildman–Crippen LogP) is 2.27. The topological polar surface area (TPSA) is 67.6 Å². The molecule has 0 bridgehead atoms. The molecule has 2 unspecified atom stereocenters. The van der Waals surface area contributed by atoms with Crippen LogP contribution in [0.2, 0.25) is 0 Å². The number of amides is 1. The molecule has 1 amide bonds.